The smallest absolute Gasteiger partial charge is 0.267 e. The van der Waals surface area contributed by atoms with Gasteiger partial charge in [-0.15, -0.1) is 0 Å². The minimum atomic E-state index is -0.173. The number of para-hydroxylation sites is 1. The van der Waals surface area contributed by atoms with Crippen molar-refractivity contribution in [3.05, 3.63) is 58.1 Å². The van der Waals surface area contributed by atoms with E-state index in [1.54, 1.807) is 10.7 Å². The standard InChI is InChI=1S/C12H8ClN3O/c13-11-6-10-9(7-14-11)12(17)15-16(10)8-4-2-1-3-5-8/h1-7H,(H,15,17). The number of nitrogens with one attached hydrogen (secondary N) is 1. The molecule has 0 atom stereocenters. The van der Waals surface area contributed by atoms with Crippen molar-refractivity contribution in [3.8, 4) is 5.69 Å². The van der Waals surface area contributed by atoms with E-state index in [2.05, 4.69) is 10.1 Å². The van der Waals surface area contributed by atoms with Gasteiger partial charge in [-0.05, 0) is 12.1 Å². The van der Waals surface area contributed by atoms with Crippen LogP contribution in [0.3, 0.4) is 0 Å². The molecule has 3 rings (SSSR count). The minimum Gasteiger partial charge on any atom is -0.267 e. The van der Waals surface area contributed by atoms with E-state index < -0.39 is 0 Å². The van der Waals surface area contributed by atoms with Crippen molar-refractivity contribution in [1.82, 2.24) is 14.8 Å². The number of nitrogens with zero attached hydrogens (tertiary/aromatic N) is 2. The topological polar surface area (TPSA) is 50.7 Å². The van der Waals surface area contributed by atoms with E-state index in [-0.39, 0.29) is 5.56 Å². The van der Waals surface area contributed by atoms with Gasteiger partial charge in [0.1, 0.15) is 5.15 Å². The molecule has 4 nitrogen and oxygen atoms in total. The lowest BCUT2D eigenvalue weighted by Crippen LogP contribution is -2.03. The summed E-state index contributed by atoms with van der Waals surface area (Å²) in [6, 6.07) is 11.2. The van der Waals surface area contributed by atoms with Crippen molar-refractivity contribution >= 4 is 22.5 Å². The maximum absolute atomic E-state index is 11.7. The summed E-state index contributed by atoms with van der Waals surface area (Å²) in [7, 11) is 0. The van der Waals surface area contributed by atoms with E-state index in [1.165, 1.54) is 6.20 Å². The predicted octanol–water partition coefficient (Wildman–Crippen LogP) is 2.37. The van der Waals surface area contributed by atoms with Crippen LogP contribution in [0.5, 0.6) is 0 Å². The van der Waals surface area contributed by atoms with Crippen LogP contribution in [0.1, 0.15) is 0 Å². The second kappa shape index (κ2) is 3.75. The molecule has 0 aliphatic carbocycles. The van der Waals surface area contributed by atoms with Crippen molar-refractivity contribution in [1.29, 1.82) is 0 Å². The Balaban J connectivity index is 2.38. The van der Waals surface area contributed by atoms with Crippen LogP contribution in [-0.4, -0.2) is 14.8 Å². The van der Waals surface area contributed by atoms with Gasteiger partial charge in [0.05, 0.1) is 16.6 Å². The van der Waals surface area contributed by atoms with Crippen LogP contribution in [-0.2, 0) is 0 Å². The third kappa shape index (κ3) is 1.62. The van der Waals surface area contributed by atoms with Gasteiger partial charge in [-0.3, -0.25) is 14.6 Å². The molecule has 3 aromatic rings. The van der Waals surface area contributed by atoms with Gasteiger partial charge >= 0.3 is 0 Å². The summed E-state index contributed by atoms with van der Waals surface area (Å²) < 4.78 is 1.70. The predicted molar refractivity (Wildman–Crippen MR) is 66.7 cm³/mol. The number of halogens is 1. The molecule has 0 fully saturated rings. The highest BCUT2D eigenvalue weighted by Gasteiger charge is 2.08. The van der Waals surface area contributed by atoms with Gasteiger partial charge in [0, 0.05) is 12.3 Å². The third-order valence-corrected chi connectivity index (χ3v) is 2.77. The third-order valence-electron chi connectivity index (χ3n) is 2.56. The quantitative estimate of drug-likeness (QED) is 0.669. The Morgan fingerprint density at radius 3 is 2.76 bits per heavy atom. The first kappa shape index (κ1) is 10.1. The molecule has 0 amide bonds. The van der Waals surface area contributed by atoms with Crippen molar-refractivity contribution in [2.45, 2.75) is 0 Å². The van der Waals surface area contributed by atoms with Crippen LogP contribution >= 0.6 is 11.6 Å². The zero-order chi connectivity index (χ0) is 11.8. The molecule has 0 saturated heterocycles. The maximum atomic E-state index is 11.7. The van der Waals surface area contributed by atoms with Crippen LogP contribution in [0.25, 0.3) is 16.6 Å². The second-order valence-corrected chi connectivity index (χ2v) is 4.02. The monoisotopic (exact) mass is 245 g/mol. The van der Waals surface area contributed by atoms with Crippen LogP contribution in [0.4, 0.5) is 0 Å². The van der Waals surface area contributed by atoms with E-state index in [9.17, 15) is 4.79 Å². The highest BCUT2D eigenvalue weighted by Crippen LogP contribution is 2.17. The normalized spacial score (nSPS) is 10.9. The molecule has 17 heavy (non-hydrogen) atoms. The molecule has 0 aliphatic heterocycles. The van der Waals surface area contributed by atoms with Crippen molar-refractivity contribution in [2.24, 2.45) is 0 Å². The summed E-state index contributed by atoms with van der Waals surface area (Å²) in [5, 5.41) is 3.65. The van der Waals surface area contributed by atoms with Gasteiger partial charge in [0.15, 0.2) is 0 Å². The highest BCUT2D eigenvalue weighted by molar-refractivity contribution is 6.30. The lowest BCUT2D eigenvalue weighted by molar-refractivity contribution is 0.891. The average Bonchev–Trinajstić information content (AvgIpc) is 2.67. The molecule has 0 radical (unpaired) electrons. The molecular weight excluding hydrogens is 238 g/mol. The first-order valence-corrected chi connectivity index (χ1v) is 5.45. The molecule has 0 aliphatic rings. The Kier molecular flexibility index (Phi) is 2.23. The zero-order valence-corrected chi connectivity index (χ0v) is 9.48. The van der Waals surface area contributed by atoms with E-state index in [0.29, 0.717) is 10.5 Å². The largest absolute Gasteiger partial charge is 0.273 e. The number of hydrogen-bond acceptors (Lipinski definition) is 2. The number of fused-ring (bicyclic) bond motifs is 1. The molecular formula is C12H8ClN3O. The molecule has 0 unspecified atom stereocenters. The van der Waals surface area contributed by atoms with E-state index in [1.807, 2.05) is 30.3 Å². The summed E-state index contributed by atoms with van der Waals surface area (Å²) in [4.78, 5) is 15.6. The van der Waals surface area contributed by atoms with Gasteiger partial charge < -0.3 is 0 Å². The fraction of sp³-hybridized carbons (Fsp3) is 0. The fourth-order valence-electron chi connectivity index (χ4n) is 1.78. The molecule has 1 aromatic carbocycles. The number of benzene rings is 1. The van der Waals surface area contributed by atoms with Crippen LogP contribution in [0, 0.1) is 0 Å². The minimum absolute atomic E-state index is 0.173. The molecule has 0 bridgehead atoms. The summed E-state index contributed by atoms with van der Waals surface area (Å²) in [5.41, 5.74) is 1.43. The van der Waals surface area contributed by atoms with Crippen molar-refractivity contribution in [2.75, 3.05) is 0 Å². The SMILES string of the molecule is O=c1[nH]n(-c2ccccc2)c2cc(Cl)ncc12. The van der Waals surface area contributed by atoms with Gasteiger partial charge in [0.2, 0.25) is 0 Å². The summed E-state index contributed by atoms with van der Waals surface area (Å²) in [6.07, 6.45) is 1.48. The Labute approximate surface area is 101 Å². The highest BCUT2D eigenvalue weighted by atomic mass is 35.5. The molecule has 84 valence electrons. The summed E-state index contributed by atoms with van der Waals surface area (Å²) in [5.74, 6) is 0. The molecule has 2 heterocycles. The Morgan fingerprint density at radius 1 is 1.24 bits per heavy atom. The molecule has 0 spiro atoms. The number of pyridine rings is 1. The molecule has 5 heteroatoms. The lowest BCUT2D eigenvalue weighted by atomic mass is 10.3. The number of rotatable bonds is 1. The maximum Gasteiger partial charge on any atom is 0.273 e. The summed E-state index contributed by atoms with van der Waals surface area (Å²) >= 11 is 5.85. The van der Waals surface area contributed by atoms with Crippen molar-refractivity contribution < 1.29 is 0 Å². The fourth-order valence-corrected chi connectivity index (χ4v) is 1.93. The average molecular weight is 246 g/mol. The van der Waals surface area contributed by atoms with E-state index in [4.69, 9.17) is 11.6 Å². The summed E-state index contributed by atoms with van der Waals surface area (Å²) in [6.45, 7) is 0. The first-order chi connectivity index (χ1) is 8.25. The Hall–Kier alpha value is -2.07. The van der Waals surface area contributed by atoms with Gasteiger partial charge in [-0.1, -0.05) is 29.8 Å². The van der Waals surface area contributed by atoms with Crippen molar-refractivity contribution in [3.63, 3.8) is 0 Å². The first-order valence-electron chi connectivity index (χ1n) is 5.07. The van der Waals surface area contributed by atoms with Gasteiger partial charge in [-0.2, -0.15) is 0 Å². The van der Waals surface area contributed by atoms with Crippen LogP contribution in [0.15, 0.2) is 47.4 Å². The van der Waals surface area contributed by atoms with Gasteiger partial charge in [0.25, 0.3) is 5.56 Å². The number of aromatic amines is 1. The molecule has 2 aromatic heterocycles. The van der Waals surface area contributed by atoms with Crippen LogP contribution in [0.2, 0.25) is 5.15 Å². The number of hydrogen-bond donors (Lipinski definition) is 1. The Morgan fingerprint density at radius 2 is 2.00 bits per heavy atom. The molecule has 1 N–H and O–H groups in total. The van der Waals surface area contributed by atoms with Crippen LogP contribution < -0.4 is 5.56 Å². The van der Waals surface area contributed by atoms with Gasteiger partial charge in [-0.25, -0.2) is 4.98 Å². The van der Waals surface area contributed by atoms with E-state index in [0.717, 1.165) is 11.2 Å². The molecule has 0 saturated carbocycles. The lowest BCUT2D eigenvalue weighted by Gasteiger charge is -2.03. The zero-order valence-electron chi connectivity index (χ0n) is 8.72. The second-order valence-electron chi connectivity index (χ2n) is 3.64. The number of aromatic nitrogens is 3. The van der Waals surface area contributed by atoms with E-state index >= 15 is 0 Å². The number of H-pyrrole nitrogens is 1. The Bertz CT molecular complexity index is 730.